The second-order valence-corrected chi connectivity index (χ2v) is 1.76. The first-order valence-corrected chi connectivity index (χ1v) is 2.74. The van der Waals surface area contributed by atoms with E-state index in [0.29, 0.717) is 5.69 Å². The molecule has 1 rings (SSSR count). The number of anilines is 1. The lowest BCUT2D eigenvalue weighted by Gasteiger charge is -1.91. The predicted octanol–water partition coefficient (Wildman–Crippen LogP) is 0.965. The number of nitrogens with zero attached hydrogens (tertiary/aromatic N) is 1. The van der Waals surface area contributed by atoms with E-state index in [1.54, 1.807) is 7.05 Å². The summed E-state index contributed by atoms with van der Waals surface area (Å²) in [5.41, 5.74) is 0.576. The SMILES string of the molecule is CNc1c[nH]cc1[N+](=O)[O-]. The number of hydrogen-bond donors (Lipinski definition) is 2. The van der Waals surface area contributed by atoms with Crippen LogP contribution in [-0.4, -0.2) is 17.0 Å². The average Bonchev–Trinajstić information content (AvgIpc) is 2.33. The van der Waals surface area contributed by atoms with Crippen LogP contribution in [0.4, 0.5) is 11.4 Å². The van der Waals surface area contributed by atoms with Gasteiger partial charge in [-0.3, -0.25) is 10.1 Å². The van der Waals surface area contributed by atoms with Crippen LogP contribution in [0.5, 0.6) is 0 Å². The Balaban J connectivity index is 3.01. The summed E-state index contributed by atoms with van der Waals surface area (Å²) in [4.78, 5) is 12.4. The van der Waals surface area contributed by atoms with Gasteiger partial charge in [0.05, 0.1) is 11.1 Å². The van der Waals surface area contributed by atoms with Gasteiger partial charge in [0.1, 0.15) is 5.69 Å². The van der Waals surface area contributed by atoms with E-state index in [2.05, 4.69) is 10.3 Å². The van der Waals surface area contributed by atoms with Crippen molar-refractivity contribution in [3.63, 3.8) is 0 Å². The van der Waals surface area contributed by atoms with E-state index in [1.807, 2.05) is 0 Å². The molecule has 0 radical (unpaired) electrons. The number of nitro groups is 1. The molecule has 0 fully saturated rings. The van der Waals surface area contributed by atoms with Crippen LogP contribution in [0.15, 0.2) is 12.4 Å². The quantitative estimate of drug-likeness (QED) is 0.476. The largest absolute Gasteiger partial charge is 0.381 e. The Morgan fingerprint density at radius 1 is 1.70 bits per heavy atom. The molecule has 54 valence electrons. The lowest BCUT2D eigenvalue weighted by molar-refractivity contribution is -0.383. The number of hydrogen-bond acceptors (Lipinski definition) is 3. The number of rotatable bonds is 2. The molecule has 0 atom stereocenters. The average molecular weight is 141 g/mol. The first kappa shape index (κ1) is 6.60. The molecule has 0 aliphatic carbocycles. The molecular formula is C5H7N3O2. The van der Waals surface area contributed by atoms with Gasteiger partial charge in [0.2, 0.25) is 0 Å². The van der Waals surface area contributed by atoms with E-state index < -0.39 is 4.92 Å². The number of aromatic nitrogens is 1. The van der Waals surface area contributed by atoms with Crippen LogP contribution in [0.25, 0.3) is 0 Å². The van der Waals surface area contributed by atoms with Crippen molar-refractivity contribution in [2.24, 2.45) is 0 Å². The Morgan fingerprint density at radius 2 is 2.40 bits per heavy atom. The molecule has 1 heterocycles. The minimum absolute atomic E-state index is 0.0718. The Bertz CT molecular complexity index is 243. The van der Waals surface area contributed by atoms with Gasteiger partial charge in [0.25, 0.3) is 0 Å². The zero-order valence-electron chi connectivity index (χ0n) is 5.42. The lowest BCUT2D eigenvalue weighted by Crippen LogP contribution is -1.91. The molecule has 0 aliphatic rings. The summed E-state index contributed by atoms with van der Waals surface area (Å²) >= 11 is 0. The zero-order chi connectivity index (χ0) is 7.56. The van der Waals surface area contributed by atoms with Crippen LogP contribution in [0.2, 0.25) is 0 Å². The Morgan fingerprint density at radius 3 is 2.80 bits per heavy atom. The van der Waals surface area contributed by atoms with Gasteiger partial charge < -0.3 is 10.3 Å². The molecule has 2 N–H and O–H groups in total. The van der Waals surface area contributed by atoms with E-state index in [4.69, 9.17) is 0 Å². The molecule has 0 aliphatic heterocycles. The topological polar surface area (TPSA) is 71.0 Å². The second kappa shape index (κ2) is 2.38. The van der Waals surface area contributed by atoms with E-state index in [0.717, 1.165) is 0 Å². The van der Waals surface area contributed by atoms with E-state index >= 15 is 0 Å². The van der Waals surface area contributed by atoms with Crippen molar-refractivity contribution >= 4 is 11.4 Å². The molecule has 0 amide bonds. The fourth-order valence-corrected chi connectivity index (χ4v) is 0.707. The van der Waals surface area contributed by atoms with Crippen LogP contribution >= 0.6 is 0 Å². The van der Waals surface area contributed by atoms with Crippen molar-refractivity contribution in [1.82, 2.24) is 4.98 Å². The normalized spacial score (nSPS) is 9.30. The lowest BCUT2D eigenvalue weighted by atomic mass is 10.4. The Hall–Kier alpha value is -1.52. The molecule has 0 aromatic carbocycles. The van der Waals surface area contributed by atoms with Gasteiger partial charge in [-0.15, -0.1) is 0 Å². The van der Waals surface area contributed by atoms with Crippen LogP contribution < -0.4 is 5.32 Å². The first-order valence-electron chi connectivity index (χ1n) is 2.74. The third-order valence-electron chi connectivity index (χ3n) is 1.19. The highest BCUT2D eigenvalue weighted by Gasteiger charge is 2.11. The summed E-state index contributed by atoms with van der Waals surface area (Å²) in [7, 11) is 1.64. The number of H-pyrrole nitrogens is 1. The molecular weight excluding hydrogens is 134 g/mol. The third kappa shape index (κ3) is 0.928. The summed E-state index contributed by atoms with van der Waals surface area (Å²) in [5.74, 6) is 0. The minimum atomic E-state index is -0.442. The van der Waals surface area contributed by atoms with Crippen molar-refractivity contribution in [3.05, 3.63) is 22.5 Å². The predicted molar refractivity (Wildman–Crippen MR) is 37.0 cm³/mol. The highest BCUT2D eigenvalue weighted by molar-refractivity contribution is 5.59. The van der Waals surface area contributed by atoms with Crippen LogP contribution in [-0.2, 0) is 0 Å². The van der Waals surface area contributed by atoms with Gasteiger partial charge >= 0.3 is 5.69 Å². The molecule has 0 spiro atoms. The van der Waals surface area contributed by atoms with E-state index in [-0.39, 0.29) is 5.69 Å². The van der Waals surface area contributed by atoms with Crippen molar-refractivity contribution in [2.75, 3.05) is 12.4 Å². The van der Waals surface area contributed by atoms with Gasteiger partial charge in [-0.05, 0) is 0 Å². The molecule has 1 aromatic rings. The monoisotopic (exact) mass is 141 g/mol. The van der Waals surface area contributed by atoms with Crippen LogP contribution in [0.1, 0.15) is 0 Å². The van der Waals surface area contributed by atoms with Gasteiger partial charge in [-0.2, -0.15) is 0 Å². The molecule has 5 heteroatoms. The summed E-state index contributed by atoms with van der Waals surface area (Å²) < 4.78 is 0. The maximum absolute atomic E-state index is 10.2. The third-order valence-corrected chi connectivity index (χ3v) is 1.19. The molecule has 10 heavy (non-hydrogen) atoms. The summed E-state index contributed by atoms with van der Waals surface area (Å²) in [6.45, 7) is 0. The van der Waals surface area contributed by atoms with Crippen molar-refractivity contribution < 1.29 is 4.92 Å². The minimum Gasteiger partial charge on any atom is -0.381 e. The molecule has 5 nitrogen and oxygen atoms in total. The van der Waals surface area contributed by atoms with Crippen molar-refractivity contribution in [2.45, 2.75) is 0 Å². The van der Waals surface area contributed by atoms with Gasteiger partial charge in [-0.25, -0.2) is 0 Å². The molecule has 0 saturated heterocycles. The summed E-state index contributed by atoms with van der Waals surface area (Å²) in [6, 6.07) is 0. The highest BCUT2D eigenvalue weighted by atomic mass is 16.6. The van der Waals surface area contributed by atoms with E-state index in [9.17, 15) is 10.1 Å². The Kier molecular flexibility index (Phi) is 1.57. The standard InChI is InChI=1S/C5H7N3O2/c1-6-4-2-7-3-5(4)8(9)10/h2-3,6-7H,1H3. The molecule has 1 aromatic heterocycles. The van der Waals surface area contributed by atoms with Gasteiger partial charge in [0.15, 0.2) is 0 Å². The summed E-state index contributed by atoms with van der Waals surface area (Å²) in [5, 5.41) is 12.9. The molecule has 0 unspecified atom stereocenters. The van der Waals surface area contributed by atoms with Crippen molar-refractivity contribution in [3.8, 4) is 0 Å². The molecule has 0 saturated carbocycles. The fraction of sp³-hybridized carbons (Fsp3) is 0.200. The van der Waals surface area contributed by atoms with Crippen molar-refractivity contribution in [1.29, 1.82) is 0 Å². The maximum atomic E-state index is 10.2. The number of nitrogens with one attached hydrogen (secondary N) is 2. The number of aromatic amines is 1. The van der Waals surface area contributed by atoms with Crippen LogP contribution in [0.3, 0.4) is 0 Å². The molecule has 0 bridgehead atoms. The fourth-order valence-electron chi connectivity index (χ4n) is 0.707. The van der Waals surface area contributed by atoms with E-state index in [1.165, 1.54) is 12.4 Å². The van der Waals surface area contributed by atoms with Gasteiger partial charge in [-0.1, -0.05) is 0 Å². The smallest absolute Gasteiger partial charge is 0.309 e. The Labute approximate surface area is 57.2 Å². The zero-order valence-corrected chi connectivity index (χ0v) is 5.42. The highest BCUT2D eigenvalue weighted by Crippen LogP contribution is 2.21. The maximum Gasteiger partial charge on any atom is 0.309 e. The van der Waals surface area contributed by atoms with Crippen LogP contribution in [0, 0.1) is 10.1 Å². The first-order chi connectivity index (χ1) is 4.75. The summed E-state index contributed by atoms with van der Waals surface area (Å²) in [6.07, 6.45) is 2.88. The van der Waals surface area contributed by atoms with Gasteiger partial charge in [0, 0.05) is 13.2 Å². The second-order valence-electron chi connectivity index (χ2n) is 1.76.